The summed E-state index contributed by atoms with van der Waals surface area (Å²) in [4.78, 5) is 18.1. The van der Waals surface area contributed by atoms with Gasteiger partial charge in [-0.3, -0.25) is 14.6 Å². The maximum absolute atomic E-state index is 13.0. The van der Waals surface area contributed by atoms with Gasteiger partial charge in [-0.25, -0.2) is 0 Å². The van der Waals surface area contributed by atoms with Crippen molar-refractivity contribution in [2.24, 2.45) is 23.2 Å². The van der Waals surface area contributed by atoms with Crippen LogP contribution in [0.3, 0.4) is 0 Å². The third-order valence-corrected chi connectivity index (χ3v) is 9.78. The maximum atomic E-state index is 13.0. The van der Waals surface area contributed by atoms with Crippen molar-refractivity contribution in [2.75, 3.05) is 39.3 Å². The lowest BCUT2D eigenvalue weighted by molar-refractivity contribution is -0.146. The van der Waals surface area contributed by atoms with Crippen molar-refractivity contribution in [3.63, 3.8) is 0 Å². The molecule has 0 bridgehead atoms. The fraction of sp³-hybridized carbons (Fsp3) is 0.958. The van der Waals surface area contributed by atoms with E-state index in [0.717, 1.165) is 45.7 Å². The van der Waals surface area contributed by atoms with Crippen LogP contribution in [0, 0.1) is 23.2 Å². The number of carbonyl (C=O) groups is 1. The Morgan fingerprint density at radius 2 is 1.97 bits per heavy atom. The van der Waals surface area contributed by atoms with E-state index in [0.29, 0.717) is 12.1 Å². The standard InChI is InChI=1S/C24H39N3O3/c1-16-6-5-8-23(2)14-18-20(21-24(16,23)30-21)17(22(28)29-18)15-26-10-12-27(13-11-26)19-7-3-4-9-25-19/h16-21,25H,3-15H2,1-2H3/t16-,17-,18-,19?,20+,21+,23+,24-/m1/s1. The highest BCUT2D eigenvalue weighted by atomic mass is 16.6. The first-order valence-corrected chi connectivity index (χ1v) is 12.6. The Morgan fingerprint density at radius 3 is 2.73 bits per heavy atom. The zero-order valence-electron chi connectivity index (χ0n) is 18.8. The van der Waals surface area contributed by atoms with E-state index in [1.165, 1.54) is 38.5 Å². The van der Waals surface area contributed by atoms with E-state index < -0.39 is 0 Å². The second-order valence-corrected chi connectivity index (χ2v) is 11.4. The van der Waals surface area contributed by atoms with Gasteiger partial charge in [0.1, 0.15) is 11.7 Å². The Kier molecular flexibility index (Phi) is 4.76. The van der Waals surface area contributed by atoms with Crippen molar-refractivity contribution in [2.45, 2.75) is 82.8 Å². The van der Waals surface area contributed by atoms with Crippen LogP contribution in [0.15, 0.2) is 0 Å². The van der Waals surface area contributed by atoms with Crippen molar-refractivity contribution in [3.05, 3.63) is 0 Å². The van der Waals surface area contributed by atoms with Crippen LogP contribution >= 0.6 is 0 Å². The Morgan fingerprint density at radius 1 is 1.13 bits per heavy atom. The number of piperazine rings is 1. The van der Waals surface area contributed by atoms with Crippen molar-refractivity contribution >= 4 is 5.97 Å². The normalized spacial score (nSPS) is 51.6. The minimum atomic E-state index is -0.00240. The largest absolute Gasteiger partial charge is 0.462 e. The van der Waals surface area contributed by atoms with Crippen molar-refractivity contribution in [1.29, 1.82) is 0 Å². The van der Waals surface area contributed by atoms with Gasteiger partial charge in [-0.2, -0.15) is 0 Å². The van der Waals surface area contributed by atoms with Gasteiger partial charge in [0.2, 0.25) is 0 Å². The average molecular weight is 418 g/mol. The van der Waals surface area contributed by atoms with E-state index >= 15 is 0 Å². The molecule has 0 amide bonds. The molecule has 1 unspecified atom stereocenters. The number of ether oxygens (including phenoxy) is 2. The Hall–Kier alpha value is -0.690. The van der Waals surface area contributed by atoms with Gasteiger partial charge >= 0.3 is 5.97 Å². The van der Waals surface area contributed by atoms with Gasteiger partial charge in [-0.1, -0.05) is 20.3 Å². The smallest absolute Gasteiger partial charge is 0.311 e. The summed E-state index contributed by atoms with van der Waals surface area (Å²) >= 11 is 0. The summed E-state index contributed by atoms with van der Waals surface area (Å²) in [6.45, 7) is 11.1. The molecule has 168 valence electrons. The van der Waals surface area contributed by atoms with E-state index in [1.54, 1.807) is 0 Å². The molecule has 0 radical (unpaired) electrons. The fourth-order valence-corrected chi connectivity index (χ4v) is 8.12. The maximum Gasteiger partial charge on any atom is 0.311 e. The van der Waals surface area contributed by atoms with E-state index in [4.69, 9.17) is 9.47 Å². The molecule has 0 aromatic carbocycles. The number of hydrogen-bond acceptors (Lipinski definition) is 6. The zero-order valence-corrected chi connectivity index (χ0v) is 18.8. The molecular weight excluding hydrogens is 378 g/mol. The molecule has 8 atom stereocenters. The number of nitrogens with one attached hydrogen (secondary N) is 1. The predicted molar refractivity (Wildman–Crippen MR) is 114 cm³/mol. The Bertz CT molecular complexity index is 689. The minimum absolute atomic E-state index is 0.00240. The van der Waals surface area contributed by atoms with Crippen LogP contribution in [0.2, 0.25) is 0 Å². The van der Waals surface area contributed by atoms with Crippen LogP contribution in [0.4, 0.5) is 0 Å². The molecule has 6 rings (SSSR count). The Balaban J connectivity index is 1.12. The van der Waals surface area contributed by atoms with E-state index in [1.807, 2.05) is 0 Å². The zero-order chi connectivity index (χ0) is 20.5. The molecule has 4 saturated heterocycles. The summed E-state index contributed by atoms with van der Waals surface area (Å²) in [7, 11) is 0. The molecular formula is C24H39N3O3. The first-order valence-electron chi connectivity index (χ1n) is 12.6. The Labute approximate surface area is 181 Å². The number of rotatable bonds is 3. The molecule has 6 aliphatic rings. The van der Waals surface area contributed by atoms with E-state index in [-0.39, 0.29) is 41.0 Å². The van der Waals surface area contributed by atoms with E-state index in [2.05, 4.69) is 29.0 Å². The van der Waals surface area contributed by atoms with E-state index in [9.17, 15) is 4.79 Å². The molecule has 4 aliphatic heterocycles. The lowest BCUT2D eigenvalue weighted by Crippen LogP contribution is -2.57. The summed E-state index contributed by atoms with van der Waals surface area (Å²) in [6.07, 6.45) is 9.57. The second-order valence-electron chi connectivity index (χ2n) is 11.4. The van der Waals surface area contributed by atoms with Crippen LogP contribution in [0.1, 0.15) is 58.8 Å². The molecule has 6 fully saturated rings. The summed E-state index contributed by atoms with van der Waals surface area (Å²) in [6, 6.07) is 0. The number of esters is 1. The second kappa shape index (κ2) is 7.16. The SMILES string of the molecule is C[C@@H]1CCC[C@@]2(C)C[C@H]3OC(=O)[C@H](CN4CCN(C5CCCCN5)CC4)[C@@H]3[C@@H]3O[C@]132. The lowest BCUT2D eigenvalue weighted by atomic mass is 9.53. The van der Waals surface area contributed by atoms with Gasteiger partial charge in [-0.15, -0.1) is 0 Å². The summed E-state index contributed by atoms with van der Waals surface area (Å²) in [5.74, 6) is 0.911. The van der Waals surface area contributed by atoms with Gasteiger partial charge in [0.25, 0.3) is 0 Å². The first kappa shape index (κ1) is 20.0. The van der Waals surface area contributed by atoms with Gasteiger partial charge in [0.05, 0.1) is 18.2 Å². The van der Waals surface area contributed by atoms with Gasteiger partial charge in [-0.05, 0) is 51.0 Å². The average Bonchev–Trinajstić information content (AvgIpc) is 3.44. The quantitative estimate of drug-likeness (QED) is 0.561. The first-order chi connectivity index (χ1) is 14.5. The van der Waals surface area contributed by atoms with Crippen LogP contribution < -0.4 is 5.32 Å². The molecule has 30 heavy (non-hydrogen) atoms. The van der Waals surface area contributed by atoms with Gasteiger partial charge in [0.15, 0.2) is 0 Å². The highest BCUT2D eigenvalue weighted by Crippen LogP contribution is 2.70. The van der Waals surface area contributed by atoms with Crippen molar-refractivity contribution in [1.82, 2.24) is 15.1 Å². The number of epoxide rings is 1. The number of nitrogens with zero attached hydrogens (tertiary/aromatic N) is 2. The van der Waals surface area contributed by atoms with Gasteiger partial charge < -0.3 is 14.8 Å². The molecule has 0 aromatic heterocycles. The fourth-order valence-electron chi connectivity index (χ4n) is 8.12. The number of fused-ring (bicyclic) bond motifs is 2. The van der Waals surface area contributed by atoms with Crippen LogP contribution in [0.25, 0.3) is 0 Å². The molecule has 4 heterocycles. The van der Waals surface area contributed by atoms with Gasteiger partial charge in [0, 0.05) is 44.1 Å². The summed E-state index contributed by atoms with van der Waals surface area (Å²) in [5.41, 5.74) is 0.203. The molecule has 6 heteroatoms. The number of hydrogen-bond donors (Lipinski definition) is 1. The molecule has 1 N–H and O–H groups in total. The summed E-state index contributed by atoms with van der Waals surface area (Å²) < 4.78 is 12.6. The third kappa shape index (κ3) is 2.86. The summed E-state index contributed by atoms with van der Waals surface area (Å²) in [5, 5.41) is 3.68. The van der Waals surface area contributed by atoms with Crippen LogP contribution in [-0.2, 0) is 14.3 Å². The predicted octanol–water partition coefficient (Wildman–Crippen LogP) is 2.23. The highest BCUT2D eigenvalue weighted by molar-refractivity contribution is 5.76. The highest BCUT2D eigenvalue weighted by Gasteiger charge is 2.78. The van der Waals surface area contributed by atoms with Crippen molar-refractivity contribution in [3.8, 4) is 0 Å². The molecule has 2 saturated carbocycles. The molecule has 6 nitrogen and oxygen atoms in total. The number of carbonyl (C=O) groups excluding carboxylic acids is 1. The monoisotopic (exact) mass is 417 g/mol. The van der Waals surface area contributed by atoms with Crippen LogP contribution in [0.5, 0.6) is 0 Å². The third-order valence-electron chi connectivity index (χ3n) is 9.78. The number of piperidine rings is 1. The van der Waals surface area contributed by atoms with Crippen LogP contribution in [-0.4, -0.2) is 79.0 Å². The topological polar surface area (TPSA) is 57.3 Å². The lowest BCUT2D eigenvalue weighted by Gasteiger charge is -2.49. The minimum Gasteiger partial charge on any atom is -0.462 e. The molecule has 0 aromatic rings. The molecule has 1 spiro atoms. The van der Waals surface area contributed by atoms with Crippen molar-refractivity contribution < 1.29 is 14.3 Å². The molecule has 2 aliphatic carbocycles.